The van der Waals surface area contributed by atoms with Crippen LogP contribution in [0.5, 0.6) is 0 Å². The molecular weight excluding hydrogens is 429 g/mol. The first kappa shape index (κ1) is 26.5. The number of halogens is 1. The first-order valence-corrected chi connectivity index (χ1v) is 11.5. The third-order valence-electron chi connectivity index (χ3n) is 4.34. The van der Waals surface area contributed by atoms with Crippen LogP contribution < -0.4 is 5.32 Å². The Morgan fingerprint density at radius 2 is 1.71 bits per heavy atom. The lowest BCUT2D eigenvalue weighted by atomic mass is 10.2. The number of nitrogens with one attached hydrogen (secondary N) is 1. The second-order valence-corrected chi connectivity index (χ2v) is 8.85. The number of rotatable bonds is 11. The first-order valence-electron chi connectivity index (χ1n) is 10.0. The Bertz CT molecular complexity index is 900. The fraction of sp³-hybridized carbons (Fsp3) is 0.550. The molecule has 9 nitrogen and oxygen atoms in total. The van der Waals surface area contributed by atoms with E-state index < -0.39 is 39.2 Å². The highest BCUT2D eigenvalue weighted by Gasteiger charge is 2.27. The zero-order valence-electron chi connectivity index (χ0n) is 18.5. The summed E-state index contributed by atoms with van der Waals surface area (Å²) >= 11 is 0. The summed E-state index contributed by atoms with van der Waals surface area (Å²) in [6.45, 7) is 8.15. The summed E-state index contributed by atoms with van der Waals surface area (Å²) in [5.74, 6) is -2.91. The van der Waals surface area contributed by atoms with Crippen molar-refractivity contribution in [2.24, 2.45) is 0 Å². The van der Waals surface area contributed by atoms with E-state index in [1.807, 2.05) is 0 Å². The van der Waals surface area contributed by atoms with Crippen LogP contribution >= 0.6 is 0 Å². The van der Waals surface area contributed by atoms with Gasteiger partial charge in [0.05, 0.1) is 12.1 Å². The van der Waals surface area contributed by atoms with Gasteiger partial charge >= 0.3 is 5.97 Å². The van der Waals surface area contributed by atoms with E-state index in [0.29, 0.717) is 0 Å². The molecule has 0 heterocycles. The van der Waals surface area contributed by atoms with Gasteiger partial charge < -0.3 is 15.0 Å². The summed E-state index contributed by atoms with van der Waals surface area (Å²) in [6.07, 6.45) is 0. The molecule has 2 amide bonds. The maximum absolute atomic E-state index is 14.2. The van der Waals surface area contributed by atoms with Crippen LogP contribution in [0.1, 0.15) is 45.0 Å². The van der Waals surface area contributed by atoms with Crippen molar-refractivity contribution >= 4 is 27.8 Å². The number of esters is 1. The highest BCUT2D eigenvalue weighted by molar-refractivity contribution is 7.89. The van der Waals surface area contributed by atoms with Gasteiger partial charge in [-0.25, -0.2) is 17.6 Å². The van der Waals surface area contributed by atoms with Crippen LogP contribution in [0.4, 0.5) is 4.39 Å². The minimum absolute atomic E-state index is 0.0839. The molecule has 0 aliphatic heterocycles. The van der Waals surface area contributed by atoms with E-state index in [0.717, 1.165) is 22.5 Å². The summed E-state index contributed by atoms with van der Waals surface area (Å²) in [7, 11) is -4.13. The Balaban J connectivity index is 2.91. The van der Waals surface area contributed by atoms with Crippen LogP contribution in [0.2, 0.25) is 0 Å². The normalized spacial score (nSPS) is 11.5. The predicted octanol–water partition coefficient (Wildman–Crippen LogP) is 1.39. The second-order valence-electron chi connectivity index (χ2n) is 6.94. The van der Waals surface area contributed by atoms with Gasteiger partial charge in [0.1, 0.15) is 10.7 Å². The zero-order chi connectivity index (χ0) is 23.8. The molecule has 31 heavy (non-hydrogen) atoms. The number of nitrogens with zero attached hydrogens (tertiary/aromatic N) is 2. The molecule has 0 aliphatic rings. The Kier molecular flexibility index (Phi) is 10.0. The molecule has 0 saturated carbocycles. The number of hydrogen-bond acceptors (Lipinski definition) is 6. The topological polar surface area (TPSA) is 113 Å². The van der Waals surface area contributed by atoms with Crippen LogP contribution in [-0.2, 0) is 24.3 Å². The molecule has 0 aliphatic carbocycles. The van der Waals surface area contributed by atoms with Crippen molar-refractivity contribution in [3.05, 3.63) is 29.6 Å². The number of amides is 2. The molecule has 0 saturated heterocycles. The number of likely N-dealkylation sites (N-methyl/N-ethyl adjacent to an activating group) is 1. The van der Waals surface area contributed by atoms with Crippen molar-refractivity contribution in [2.75, 3.05) is 32.8 Å². The largest absolute Gasteiger partial charge is 0.452 e. The molecule has 1 aromatic carbocycles. The standard InChI is InChI=1S/C20H30FN3O6S/c1-6-23(12-18(25)22-14(4)5)19(26)13-30-20(27)15-9-10-16(21)17(11-15)31(28,29)24(7-2)8-3/h9-11,14H,6-8,12-13H2,1-5H3,(H,22,25). The number of hydrogen-bond donors (Lipinski definition) is 1. The van der Waals surface area contributed by atoms with E-state index in [1.165, 1.54) is 4.90 Å². The van der Waals surface area contributed by atoms with Gasteiger partial charge in [-0.1, -0.05) is 13.8 Å². The number of benzene rings is 1. The quantitative estimate of drug-likeness (QED) is 0.501. The summed E-state index contributed by atoms with van der Waals surface area (Å²) in [6, 6.07) is 2.75. The highest BCUT2D eigenvalue weighted by Crippen LogP contribution is 2.21. The summed E-state index contributed by atoms with van der Waals surface area (Å²) in [5, 5.41) is 2.66. The number of carbonyl (C=O) groups is 3. The molecule has 0 bridgehead atoms. The molecule has 11 heteroatoms. The summed E-state index contributed by atoms with van der Waals surface area (Å²) < 4.78 is 45.4. The van der Waals surface area contributed by atoms with Gasteiger partial charge in [-0.15, -0.1) is 0 Å². The predicted molar refractivity (Wildman–Crippen MR) is 112 cm³/mol. The fourth-order valence-electron chi connectivity index (χ4n) is 2.75. The summed E-state index contributed by atoms with van der Waals surface area (Å²) in [4.78, 5) is 37.0. The SMILES string of the molecule is CCN(CC(=O)NC(C)C)C(=O)COC(=O)c1ccc(F)c(S(=O)(=O)N(CC)CC)c1. The van der Waals surface area contributed by atoms with Crippen LogP contribution in [0.25, 0.3) is 0 Å². The molecule has 0 unspecified atom stereocenters. The maximum Gasteiger partial charge on any atom is 0.338 e. The molecule has 0 aromatic heterocycles. The third kappa shape index (κ3) is 7.28. The van der Waals surface area contributed by atoms with Gasteiger partial charge in [0, 0.05) is 25.7 Å². The highest BCUT2D eigenvalue weighted by atomic mass is 32.2. The van der Waals surface area contributed by atoms with Gasteiger partial charge in [-0.05, 0) is 39.0 Å². The van der Waals surface area contributed by atoms with Crippen LogP contribution in [0, 0.1) is 5.82 Å². The van der Waals surface area contributed by atoms with Crippen molar-refractivity contribution in [2.45, 2.75) is 45.6 Å². The third-order valence-corrected chi connectivity index (χ3v) is 6.40. The molecule has 0 spiro atoms. The van der Waals surface area contributed by atoms with Crippen molar-refractivity contribution in [1.82, 2.24) is 14.5 Å². The number of sulfonamides is 1. The van der Waals surface area contributed by atoms with Crippen molar-refractivity contribution in [1.29, 1.82) is 0 Å². The lowest BCUT2D eigenvalue weighted by Crippen LogP contribution is -2.44. The minimum Gasteiger partial charge on any atom is -0.452 e. The summed E-state index contributed by atoms with van der Waals surface area (Å²) in [5.41, 5.74) is -0.208. The monoisotopic (exact) mass is 459 g/mol. The zero-order valence-corrected chi connectivity index (χ0v) is 19.3. The number of carbonyl (C=O) groups excluding carboxylic acids is 3. The van der Waals surface area contributed by atoms with Crippen LogP contribution in [0.15, 0.2) is 23.1 Å². The van der Waals surface area contributed by atoms with Crippen LogP contribution in [0.3, 0.4) is 0 Å². The lowest BCUT2D eigenvalue weighted by molar-refractivity contribution is -0.138. The Labute approximate surface area is 182 Å². The van der Waals surface area contributed by atoms with Crippen molar-refractivity contribution in [3.8, 4) is 0 Å². The van der Waals surface area contributed by atoms with Crippen molar-refractivity contribution in [3.63, 3.8) is 0 Å². The average Bonchev–Trinajstić information content (AvgIpc) is 2.70. The van der Waals surface area contributed by atoms with E-state index in [9.17, 15) is 27.2 Å². The molecule has 1 N–H and O–H groups in total. The van der Waals surface area contributed by atoms with E-state index in [4.69, 9.17) is 4.74 Å². The Hall–Kier alpha value is -2.53. The van der Waals surface area contributed by atoms with E-state index in [-0.39, 0.29) is 43.7 Å². The Morgan fingerprint density at radius 3 is 2.23 bits per heavy atom. The number of ether oxygens (including phenoxy) is 1. The van der Waals surface area contributed by atoms with E-state index >= 15 is 0 Å². The van der Waals surface area contributed by atoms with Gasteiger partial charge in [-0.2, -0.15) is 4.31 Å². The van der Waals surface area contributed by atoms with E-state index in [1.54, 1.807) is 34.6 Å². The molecule has 174 valence electrons. The first-order chi connectivity index (χ1) is 14.5. The van der Waals surface area contributed by atoms with Crippen molar-refractivity contribution < 1.29 is 31.9 Å². The lowest BCUT2D eigenvalue weighted by Gasteiger charge is -2.21. The maximum atomic E-state index is 14.2. The van der Waals surface area contributed by atoms with Crippen LogP contribution in [-0.4, -0.2) is 74.2 Å². The average molecular weight is 460 g/mol. The molecule has 1 rings (SSSR count). The van der Waals surface area contributed by atoms with Gasteiger partial charge in [0.2, 0.25) is 15.9 Å². The molecule has 1 aromatic rings. The Morgan fingerprint density at radius 1 is 1.10 bits per heavy atom. The minimum atomic E-state index is -4.13. The molecular formula is C20H30FN3O6S. The molecule has 0 radical (unpaired) electrons. The van der Waals surface area contributed by atoms with Gasteiger partial charge in [0.25, 0.3) is 5.91 Å². The fourth-order valence-corrected chi connectivity index (χ4v) is 4.30. The van der Waals surface area contributed by atoms with Gasteiger partial charge in [-0.3, -0.25) is 9.59 Å². The molecule has 0 fully saturated rings. The smallest absolute Gasteiger partial charge is 0.338 e. The molecule has 0 atom stereocenters. The van der Waals surface area contributed by atoms with Gasteiger partial charge in [0.15, 0.2) is 6.61 Å². The van der Waals surface area contributed by atoms with E-state index in [2.05, 4.69) is 5.32 Å². The second kappa shape index (κ2) is 11.8.